The van der Waals surface area contributed by atoms with E-state index in [1.165, 1.54) is 37.4 Å². The van der Waals surface area contributed by atoms with E-state index in [0.29, 0.717) is 30.2 Å². The fraction of sp³-hybridized carbons (Fsp3) is 0.435. The number of amides is 1. The van der Waals surface area contributed by atoms with Crippen molar-refractivity contribution >= 4 is 17.7 Å². The maximum Gasteiger partial charge on any atom is 0.230 e. The second kappa shape index (κ2) is 8.30. The van der Waals surface area contributed by atoms with Crippen LogP contribution in [0.2, 0.25) is 0 Å². The van der Waals surface area contributed by atoms with Crippen LogP contribution in [-0.4, -0.2) is 32.5 Å². The van der Waals surface area contributed by atoms with Crippen molar-refractivity contribution in [2.75, 3.05) is 5.75 Å². The minimum atomic E-state index is 0.0964. The number of carbonyl (C=O) groups is 1. The number of furan rings is 1. The minimum Gasteiger partial charge on any atom is -0.469 e. The summed E-state index contributed by atoms with van der Waals surface area (Å²) in [6.45, 7) is 2.57. The van der Waals surface area contributed by atoms with E-state index in [-0.39, 0.29) is 5.91 Å². The van der Waals surface area contributed by atoms with Gasteiger partial charge in [-0.1, -0.05) is 42.1 Å². The third-order valence-electron chi connectivity index (χ3n) is 5.92. The van der Waals surface area contributed by atoms with E-state index >= 15 is 0 Å². The van der Waals surface area contributed by atoms with Crippen LogP contribution in [0, 0.1) is 18.8 Å². The second-order valence-electron chi connectivity index (χ2n) is 8.33. The largest absolute Gasteiger partial charge is 0.469 e. The van der Waals surface area contributed by atoms with E-state index in [0.717, 1.165) is 27.9 Å². The molecule has 2 saturated carbocycles. The van der Waals surface area contributed by atoms with Crippen LogP contribution in [0.15, 0.2) is 52.2 Å². The van der Waals surface area contributed by atoms with Gasteiger partial charge in [0.1, 0.15) is 5.76 Å². The lowest BCUT2D eigenvalue weighted by atomic mass is 10.1. The summed E-state index contributed by atoms with van der Waals surface area (Å²) in [7, 11) is 0. The number of aryl methyl sites for hydroxylation is 1. The summed E-state index contributed by atoms with van der Waals surface area (Å²) in [6.07, 6.45) is 6.70. The van der Waals surface area contributed by atoms with E-state index in [1.807, 2.05) is 31.2 Å². The quantitative estimate of drug-likeness (QED) is 0.521. The lowest BCUT2D eigenvalue weighted by molar-refractivity contribution is -0.119. The van der Waals surface area contributed by atoms with Crippen LogP contribution in [0.4, 0.5) is 0 Å². The molecule has 6 nitrogen and oxygen atoms in total. The topological polar surface area (TPSA) is 72.9 Å². The Hall–Kier alpha value is -2.54. The van der Waals surface area contributed by atoms with Gasteiger partial charge in [0.2, 0.25) is 5.91 Å². The van der Waals surface area contributed by atoms with Gasteiger partial charge in [-0.25, -0.2) is 0 Å². The molecule has 1 N–H and O–H groups in total. The van der Waals surface area contributed by atoms with Crippen LogP contribution >= 0.6 is 11.8 Å². The summed E-state index contributed by atoms with van der Waals surface area (Å²) in [5, 5.41) is 12.9. The van der Waals surface area contributed by atoms with Crippen LogP contribution in [0.3, 0.4) is 0 Å². The molecular formula is C23H26N4O2S. The van der Waals surface area contributed by atoms with Crippen LogP contribution in [-0.2, 0) is 11.3 Å². The Morgan fingerprint density at radius 1 is 1.17 bits per heavy atom. The summed E-state index contributed by atoms with van der Waals surface area (Å²) in [5.41, 5.74) is 2.09. The standard InChI is InChI=1S/C23H26N4O2S/c1-15-19(11-12-29-15)22-25-26-23(27(22)13-16-5-3-2-4-6-16)30-14-20(28)24-21(17-7-8-17)18-9-10-18/h2-6,11-12,17-18,21H,7-10,13-14H2,1H3,(H,24,28). The molecule has 2 aliphatic carbocycles. The number of benzene rings is 1. The molecule has 0 saturated heterocycles. The Kier molecular flexibility index (Phi) is 5.37. The predicted octanol–water partition coefficient (Wildman–Crippen LogP) is 4.29. The van der Waals surface area contributed by atoms with Gasteiger partial charge in [0, 0.05) is 6.04 Å². The van der Waals surface area contributed by atoms with Gasteiger partial charge in [-0.05, 0) is 56.1 Å². The summed E-state index contributed by atoms with van der Waals surface area (Å²) in [4.78, 5) is 12.6. The molecule has 7 heteroatoms. The van der Waals surface area contributed by atoms with E-state index in [9.17, 15) is 4.79 Å². The fourth-order valence-corrected chi connectivity index (χ4v) is 4.76. The van der Waals surface area contributed by atoms with Gasteiger partial charge in [0.05, 0.1) is 24.1 Å². The highest BCUT2D eigenvalue weighted by atomic mass is 32.2. The number of thioether (sulfide) groups is 1. The average Bonchev–Trinajstić information content (AvgIpc) is 3.68. The number of aromatic nitrogens is 3. The average molecular weight is 423 g/mol. The zero-order valence-electron chi connectivity index (χ0n) is 17.1. The van der Waals surface area contributed by atoms with Crippen molar-refractivity contribution in [1.29, 1.82) is 0 Å². The molecule has 2 aromatic heterocycles. The number of carbonyl (C=O) groups excluding carboxylic acids is 1. The smallest absolute Gasteiger partial charge is 0.230 e. The van der Waals surface area contributed by atoms with Gasteiger partial charge >= 0.3 is 0 Å². The van der Waals surface area contributed by atoms with Crippen molar-refractivity contribution in [2.24, 2.45) is 11.8 Å². The maximum atomic E-state index is 12.6. The molecule has 0 unspecified atom stereocenters. The molecule has 0 atom stereocenters. The van der Waals surface area contributed by atoms with E-state index in [2.05, 4.69) is 32.2 Å². The molecule has 1 amide bonds. The van der Waals surface area contributed by atoms with Gasteiger partial charge < -0.3 is 9.73 Å². The first-order chi connectivity index (χ1) is 14.7. The SMILES string of the molecule is Cc1occc1-c1nnc(SCC(=O)NC(C2CC2)C2CC2)n1Cc1ccccc1. The molecule has 2 heterocycles. The Morgan fingerprint density at radius 3 is 2.53 bits per heavy atom. The first-order valence-corrected chi connectivity index (χ1v) is 11.6. The van der Waals surface area contributed by atoms with Crippen LogP contribution < -0.4 is 5.32 Å². The highest BCUT2D eigenvalue weighted by Crippen LogP contribution is 2.44. The number of hydrogen-bond acceptors (Lipinski definition) is 5. The Balaban J connectivity index is 1.33. The van der Waals surface area contributed by atoms with Gasteiger partial charge in [0.25, 0.3) is 0 Å². The van der Waals surface area contributed by atoms with Crippen molar-refractivity contribution in [3.8, 4) is 11.4 Å². The summed E-state index contributed by atoms with van der Waals surface area (Å²) < 4.78 is 7.55. The molecule has 30 heavy (non-hydrogen) atoms. The first kappa shape index (κ1) is 19.4. The highest BCUT2D eigenvalue weighted by molar-refractivity contribution is 7.99. The van der Waals surface area contributed by atoms with Gasteiger partial charge in [0.15, 0.2) is 11.0 Å². The summed E-state index contributed by atoms with van der Waals surface area (Å²) in [6, 6.07) is 12.5. The van der Waals surface area contributed by atoms with E-state index in [1.54, 1.807) is 6.26 Å². The lowest BCUT2D eigenvalue weighted by Crippen LogP contribution is -2.39. The van der Waals surface area contributed by atoms with Gasteiger partial charge in [-0.15, -0.1) is 10.2 Å². The third-order valence-corrected chi connectivity index (χ3v) is 6.89. The molecule has 156 valence electrons. The number of rotatable bonds is 9. The normalized spacial score (nSPS) is 16.2. The third kappa shape index (κ3) is 4.31. The molecule has 0 radical (unpaired) electrons. The predicted molar refractivity (Wildman–Crippen MR) is 116 cm³/mol. The van der Waals surface area contributed by atoms with Crippen molar-refractivity contribution in [2.45, 2.75) is 50.4 Å². The Bertz CT molecular complexity index is 1010. The molecule has 0 bridgehead atoms. The Morgan fingerprint density at radius 2 is 1.90 bits per heavy atom. The molecule has 0 spiro atoms. The van der Waals surface area contributed by atoms with Gasteiger partial charge in [-0.3, -0.25) is 9.36 Å². The van der Waals surface area contributed by atoms with Crippen LogP contribution in [0.1, 0.15) is 37.0 Å². The summed E-state index contributed by atoms with van der Waals surface area (Å²) in [5.74, 6) is 3.42. The number of nitrogens with one attached hydrogen (secondary N) is 1. The van der Waals surface area contributed by atoms with E-state index in [4.69, 9.17) is 4.42 Å². The monoisotopic (exact) mass is 422 g/mol. The lowest BCUT2D eigenvalue weighted by Gasteiger charge is -2.17. The molecule has 3 aromatic rings. The van der Waals surface area contributed by atoms with Crippen LogP contribution in [0.5, 0.6) is 0 Å². The molecule has 1 aromatic carbocycles. The molecular weight excluding hydrogens is 396 g/mol. The maximum absolute atomic E-state index is 12.6. The van der Waals surface area contributed by atoms with Crippen molar-refractivity contribution < 1.29 is 9.21 Å². The molecule has 5 rings (SSSR count). The zero-order valence-corrected chi connectivity index (χ0v) is 17.9. The first-order valence-electron chi connectivity index (χ1n) is 10.6. The Labute approximate surface area is 180 Å². The van der Waals surface area contributed by atoms with Crippen LogP contribution in [0.25, 0.3) is 11.4 Å². The van der Waals surface area contributed by atoms with Crippen molar-refractivity contribution in [1.82, 2.24) is 20.1 Å². The highest BCUT2D eigenvalue weighted by Gasteiger charge is 2.42. The summed E-state index contributed by atoms with van der Waals surface area (Å²) >= 11 is 1.45. The van der Waals surface area contributed by atoms with Crippen molar-refractivity contribution in [3.05, 3.63) is 54.0 Å². The molecule has 2 fully saturated rings. The molecule has 0 aliphatic heterocycles. The minimum absolute atomic E-state index is 0.0964. The number of nitrogens with zero attached hydrogens (tertiary/aromatic N) is 3. The number of hydrogen-bond donors (Lipinski definition) is 1. The molecule has 2 aliphatic rings. The zero-order chi connectivity index (χ0) is 20.5. The second-order valence-corrected chi connectivity index (χ2v) is 9.27. The van der Waals surface area contributed by atoms with Gasteiger partial charge in [-0.2, -0.15) is 0 Å². The fourth-order valence-electron chi connectivity index (χ4n) is 4.01. The van der Waals surface area contributed by atoms with Crippen molar-refractivity contribution in [3.63, 3.8) is 0 Å². The van der Waals surface area contributed by atoms with E-state index < -0.39 is 0 Å².